The fraction of sp³-hybridized carbons (Fsp3) is 0.357. The second kappa shape index (κ2) is 4.22. The van der Waals surface area contributed by atoms with E-state index in [1.165, 1.54) is 29.3 Å². The van der Waals surface area contributed by atoms with E-state index in [-0.39, 0.29) is 0 Å². The van der Waals surface area contributed by atoms with Gasteiger partial charge in [0.15, 0.2) is 0 Å². The number of aromatic nitrogens is 1. The van der Waals surface area contributed by atoms with Crippen molar-refractivity contribution in [1.29, 1.82) is 0 Å². The number of benzene rings is 1. The number of rotatable bonds is 1. The Hall–Kier alpha value is -1.41. The predicted octanol–water partition coefficient (Wildman–Crippen LogP) is 2.70. The number of para-hydroxylation sites is 1. The van der Waals surface area contributed by atoms with Gasteiger partial charge in [0.1, 0.15) is 0 Å². The first-order valence-electron chi connectivity index (χ1n) is 5.99. The van der Waals surface area contributed by atoms with Crippen molar-refractivity contribution in [2.24, 2.45) is 0 Å². The van der Waals surface area contributed by atoms with Crippen LogP contribution in [0.15, 0.2) is 36.5 Å². The van der Waals surface area contributed by atoms with Crippen molar-refractivity contribution >= 4 is 10.9 Å². The minimum atomic E-state index is 0.632. The summed E-state index contributed by atoms with van der Waals surface area (Å²) < 4.78 is 0. The Bertz CT molecular complexity index is 482. The minimum absolute atomic E-state index is 0.632. The molecule has 1 aliphatic rings. The number of nitrogens with zero attached hydrogens (tertiary/aromatic N) is 1. The van der Waals surface area contributed by atoms with Gasteiger partial charge in [0.25, 0.3) is 0 Å². The van der Waals surface area contributed by atoms with E-state index in [0.717, 1.165) is 13.1 Å². The molecule has 2 heterocycles. The zero-order valence-electron chi connectivity index (χ0n) is 9.32. The Morgan fingerprint density at radius 1 is 1.19 bits per heavy atom. The monoisotopic (exact) mass is 212 g/mol. The van der Waals surface area contributed by atoms with Crippen LogP contribution in [0.5, 0.6) is 0 Å². The lowest BCUT2D eigenvalue weighted by atomic mass is 9.90. The predicted molar refractivity (Wildman–Crippen MR) is 66.6 cm³/mol. The van der Waals surface area contributed by atoms with Crippen LogP contribution in [0, 0.1) is 0 Å². The molecule has 1 saturated heterocycles. The van der Waals surface area contributed by atoms with Crippen molar-refractivity contribution in [1.82, 2.24) is 10.3 Å². The molecule has 3 rings (SSSR count). The summed E-state index contributed by atoms with van der Waals surface area (Å²) in [4.78, 5) is 4.53. The highest BCUT2D eigenvalue weighted by molar-refractivity contribution is 5.82. The van der Waals surface area contributed by atoms with Gasteiger partial charge in [-0.3, -0.25) is 4.98 Å². The van der Waals surface area contributed by atoms with Crippen LogP contribution in [0.3, 0.4) is 0 Å². The summed E-state index contributed by atoms with van der Waals surface area (Å²) in [5, 5.41) is 4.73. The van der Waals surface area contributed by atoms with Crippen LogP contribution in [0.2, 0.25) is 0 Å². The molecule has 1 aliphatic heterocycles. The van der Waals surface area contributed by atoms with E-state index in [9.17, 15) is 0 Å². The Morgan fingerprint density at radius 3 is 3.00 bits per heavy atom. The van der Waals surface area contributed by atoms with Gasteiger partial charge in [0.2, 0.25) is 0 Å². The molecule has 0 radical (unpaired) electrons. The summed E-state index contributed by atoms with van der Waals surface area (Å²) in [6.07, 6.45) is 4.44. The minimum Gasteiger partial charge on any atom is -0.316 e. The average molecular weight is 212 g/mol. The van der Waals surface area contributed by atoms with E-state index in [0.29, 0.717) is 5.92 Å². The first kappa shape index (κ1) is 9.79. The molecule has 1 atom stereocenters. The number of pyridine rings is 1. The molecule has 1 unspecified atom stereocenters. The second-order valence-corrected chi connectivity index (χ2v) is 4.47. The van der Waals surface area contributed by atoms with Crippen LogP contribution < -0.4 is 5.32 Å². The maximum atomic E-state index is 4.53. The molecule has 0 bridgehead atoms. The fourth-order valence-electron chi connectivity index (χ4n) is 2.57. The number of nitrogens with one attached hydrogen (secondary N) is 1. The van der Waals surface area contributed by atoms with E-state index < -0.39 is 0 Å². The summed E-state index contributed by atoms with van der Waals surface area (Å²) in [5.74, 6) is 0.632. The first-order chi connectivity index (χ1) is 7.95. The van der Waals surface area contributed by atoms with Gasteiger partial charge in [0, 0.05) is 18.1 Å². The number of fused-ring (bicyclic) bond motifs is 1. The molecule has 2 heteroatoms. The zero-order chi connectivity index (χ0) is 10.8. The maximum absolute atomic E-state index is 4.53. The van der Waals surface area contributed by atoms with Crippen molar-refractivity contribution < 1.29 is 0 Å². The summed E-state index contributed by atoms with van der Waals surface area (Å²) in [5.41, 5.74) is 2.59. The van der Waals surface area contributed by atoms with Gasteiger partial charge >= 0.3 is 0 Å². The van der Waals surface area contributed by atoms with Crippen LogP contribution in [0.1, 0.15) is 24.3 Å². The molecule has 0 aliphatic carbocycles. The first-order valence-corrected chi connectivity index (χ1v) is 5.99. The summed E-state index contributed by atoms with van der Waals surface area (Å²) in [6.45, 7) is 2.25. The Morgan fingerprint density at radius 2 is 2.12 bits per heavy atom. The highest BCUT2D eigenvalue weighted by atomic mass is 14.9. The van der Waals surface area contributed by atoms with Gasteiger partial charge in [-0.25, -0.2) is 0 Å². The van der Waals surface area contributed by atoms with Gasteiger partial charge in [-0.05, 0) is 36.9 Å². The molecule has 2 aromatic rings. The Labute approximate surface area is 95.7 Å². The SMILES string of the molecule is c1cnc2c(C3CCCNC3)cccc2c1. The topological polar surface area (TPSA) is 24.9 Å². The lowest BCUT2D eigenvalue weighted by Gasteiger charge is -2.23. The second-order valence-electron chi connectivity index (χ2n) is 4.47. The van der Waals surface area contributed by atoms with Crippen molar-refractivity contribution in [2.45, 2.75) is 18.8 Å². The highest BCUT2D eigenvalue weighted by Crippen LogP contribution is 2.28. The summed E-state index contributed by atoms with van der Waals surface area (Å²) in [7, 11) is 0. The van der Waals surface area contributed by atoms with Crippen LogP contribution in [0.4, 0.5) is 0 Å². The molecular weight excluding hydrogens is 196 g/mol. The molecule has 1 fully saturated rings. The summed E-state index contributed by atoms with van der Waals surface area (Å²) in [6, 6.07) is 10.7. The van der Waals surface area contributed by atoms with Crippen molar-refractivity contribution in [3.63, 3.8) is 0 Å². The van der Waals surface area contributed by atoms with E-state index in [1.54, 1.807) is 0 Å². The van der Waals surface area contributed by atoms with Crippen LogP contribution >= 0.6 is 0 Å². The number of hydrogen-bond acceptors (Lipinski definition) is 2. The Balaban J connectivity index is 2.08. The quantitative estimate of drug-likeness (QED) is 0.786. The van der Waals surface area contributed by atoms with Crippen LogP contribution in [-0.4, -0.2) is 18.1 Å². The average Bonchev–Trinajstić information content (AvgIpc) is 2.39. The smallest absolute Gasteiger partial charge is 0.0737 e. The third kappa shape index (κ3) is 1.69. The standard InChI is InChI=1S/C14H16N2/c1-4-11-5-3-9-16-14(11)13(7-1)12-6-2-8-15-10-12/h1,3-5,7,9,12,15H,2,6,8,10H2. The molecule has 2 nitrogen and oxygen atoms in total. The van der Waals surface area contributed by atoms with Crippen molar-refractivity contribution in [3.8, 4) is 0 Å². The molecule has 16 heavy (non-hydrogen) atoms. The zero-order valence-corrected chi connectivity index (χ0v) is 9.32. The fourth-order valence-corrected chi connectivity index (χ4v) is 2.57. The molecule has 0 amide bonds. The van der Waals surface area contributed by atoms with Gasteiger partial charge in [-0.15, -0.1) is 0 Å². The maximum Gasteiger partial charge on any atom is 0.0737 e. The van der Waals surface area contributed by atoms with Crippen LogP contribution in [-0.2, 0) is 0 Å². The van der Waals surface area contributed by atoms with E-state index in [4.69, 9.17) is 0 Å². The van der Waals surface area contributed by atoms with Crippen LogP contribution in [0.25, 0.3) is 10.9 Å². The molecular formula is C14H16N2. The third-order valence-electron chi connectivity index (χ3n) is 3.40. The van der Waals surface area contributed by atoms with E-state index in [1.807, 2.05) is 12.3 Å². The van der Waals surface area contributed by atoms with Gasteiger partial charge < -0.3 is 5.32 Å². The lowest BCUT2D eigenvalue weighted by Crippen LogP contribution is -2.28. The number of piperidine rings is 1. The van der Waals surface area contributed by atoms with Gasteiger partial charge in [-0.2, -0.15) is 0 Å². The van der Waals surface area contributed by atoms with Gasteiger partial charge in [0.05, 0.1) is 5.52 Å². The van der Waals surface area contributed by atoms with Crippen molar-refractivity contribution in [2.75, 3.05) is 13.1 Å². The molecule has 1 aromatic heterocycles. The highest BCUT2D eigenvalue weighted by Gasteiger charge is 2.17. The molecule has 1 N–H and O–H groups in total. The van der Waals surface area contributed by atoms with Gasteiger partial charge in [-0.1, -0.05) is 24.3 Å². The largest absolute Gasteiger partial charge is 0.316 e. The third-order valence-corrected chi connectivity index (χ3v) is 3.40. The van der Waals surface area contributed by atoms with E-state index >= 15 is 0 Å². The summed E-state index contributed by atoms with van der Waals surface area (Å²) >= 11 is 0. The Kier molecular flexibility index (Phi) is 2.58. The molecule has 0 spiro atoms. The van der Waals surface area contributed by atoms with Crippen molar-refractivity contribution in [3.05, 3.63) is 42.1 Å². The molecule has 82 valence electrons. The lowest BCUT2D eigenvalue weighted by molar-refractivity contribution is 0.463. The molecule has 0 saturated carbocycles. The molecule has 1 aromatic carbocycles. The van der Waals surface area contributed by atoms with E-state index in [2.05, 4.69) is 34.6 Å². The number of hydrogen-bond donors (Lipinski definition) is 1. The normalized spacial score (nSPS) is 21.1.